The summed E-state index contributed by atoms with van der Waals surface area (Å²) in [6, 6.07) is 0. The highest BCUT2D eigenvalue weighted by Crippen LogP contribution is 2.44. The fourth-order valence-electron chi connectivity index (χ4n) is 2.61. The normalized spacial score (nSPS) is 28.8. The Labute approximate surface area is 105 Å². The predicted molar refractivity (Wildman–Crippen MR) is 68.0 cm³/mol. The Morgan fingerprint density at radius 2 is 2.18 bits per heavy atom. The van der Waals surface area contributed by atoms with Gasteiger partial charge in [-0.1, -0.05) is 20.8 Å². The summed E-state index contributed by atoms with van der Waals surface area (Å²) in [6.45, 7) is 7.82. The minimum Gasteiger partial charge on any atom is -0.481 e. The summed E-state index contributed by atoms with van der Waals surface area (Å²) in [4.78, 5) is 11.4. The number of hydrogen-bond donors (Lipinski definition) is 1. The summed E-state index contributed by atoms with van der Waals surface area (Å²) < 4.78 is 5.55. The van der Waals surface area contributed by atoms with Gasteiger partial charge in [0.2, 0.25) is 0 Å². The maximum absolute atomic E-state index is 11.4. The van der Waals surface area contributed by atoms with E-state index in [4.69, 9.17) is 4.74 Å². The molecule has 0 aliphatic heterocycles. The van der Waals surface area contributed by atoms with E-state index in [1.807, 2.05) is 0 Å². The summed E-state index contributed by atoms with van der Waals surface area (Å²) in [6.07, 6.45) is 4.40. The lowest BCUT2D eigenvalue weighted by Gasteiger charge is -2.24. The monoisotopic (exact) mass is 242 g/mol. The van der Waals surface area contributed by atoms with E-state index in [-0.39, 0.29) is 0 Å². The van der Waals surface area contributed by atoms with Crippen molar-refractivity contribution >= 4 is 5.97 Å². The Morgan fingerprint density at radius 1 is 1.47 bits per heavy atom. The standard InChI is InChI=1S/C14H26O3/c1-11(2)5-8-17-9-7-14(13(15)16)6-4-12(3)10-14/h11-12H,4-10H2,1-3H3,(H,15,16). The van der Waals surface area contributed by atoms with E-state index in [1.165, 1.54) is 0 Å². The molecule has 1 saturated carbocycles. The molecule has 0 spiro atoms. The fourth-order valence-corrected chi connectivity index (χ4v) is 2.61. The largest absolute Gasteiger partial charge is 0.481 e. The molecule has 3 nitrogen and oxygen atoms in total. The quantitative estimate of drug-likeness (QED) is 0.696. The van der Waals surface area contributed by atoms with Gasteiger partial charge in [-0.3, -0.25) is 4.79 Å². The minimum absolute atomic E-state index is 0.503. The first kappa shape index (κ1) is 14.5. The van der Waals surface area contributed by atoms with E-state index < -0.39 is 11.4 Å². The Balaban J connectivity index is 2.29. The van der Waals surface area contributed by atoms with Gasteiger partial charge in [-0.05, 0) is 43.9 Å². The first-order chi connectivity index (χ1) is 7.96. The van der Waals surface area contributed by atoms with Gasteiger partial charge in [0.15, 0.2) is 0 Å². The van der Waals surface area contributed by atoms with Gasteiger partial charge in [0.25, 0.3) is 0 Å². The molecule has 1 aliphatic carbocycles. The topological polar surface area (TPSA) is 46.5 Å². The fraction of sp³-hybridized carbons (Fsp3) is 0.929. The molecule has 1 rings (SSSR count). The van der Waals surface area contributed by atoms with Crippen molar-refractivity contribution in [1.29, 1.82) is 0 Å². The molecule has 0 heterocycles. The Morgan fingerprint density at radius 3 is 2.65 bits per heavy atom. The second-order valence-corrected chi connectivity index (χ2v) is 5.98. The van der Waals surface area contributed by atoms with Gasteiger partial charge in [-0.25, -0.2) is 0 Å². The predicted octanol–water partition coefficient (Wildman–Crippen LogP) is 3.33. The van der Waals surface area contributed by atoms with Gasteiger partial charge >= 0.3 is 5.97 Å². The Bertz CT molecular complexity index is 250. The van der Waals surface area contributed by atoms with Crippen LogP contribution in [-0.4, -0.2) is 24.3 Å². The molecule has 2 unspecified atom stereocenters. The van der Waals surface area contributed by atoms with Crippen molar-refractivity contribution < 1.29 is 14.6 Å². The zero-order valence-electron chi connectivity index (χ0n) is 11.4. The second-order valence-electron chi connectivity index (χ2n) is 5.98. The maximum Gasteiger partial charge on any atom is 0.309 e. The van der Waals surface area contributed by atoms with Crippen LogP contribution >= 0.6 is 0 Å². The molecule has 1 fully saturated rings. The Kier molecular flexibility index (Phi) is 5.44. The van der Waals surface area contributed by atoms with Gasteiger partial charge < -0.3 is 9.84 Å². The number of aliphatic carboxylic acids is 1. The molecule has 0 bridgehead atoms. The second kappa shape index (κ2) is 6.39. The van der Waals surface area contributed by atoms with Gasteiger partial charge in [-0.15, -0.1) is 0 Å². The van der Waals surface area contributed by atoms with Crippen LogP contribution in [0.5, 0.6) is 0 Å². The van der Waals surface area contributed by atoms with E-state index in [1.54, 1.807) is 0 Å². The van der Waals surface area contributed by atoms with Crippen LogP contribution < -0.4 is 0 Å². The molecule has 0 amide bonds. The van der Waals surface area contributed by atoms with Crippen molar-refractivity contribution in [3.8, 4) is 0 Å². The van der Waals surface area contributed by atoms with Crippen molar-refractivity contribution in [2.24, 2.45) is 17.3 Å². The molecular formula is C14H26O3. The third-order valence-corrected chi connectivity index (χ3v) is 3.87. The lowest BCUT2D eigenvalue weighted by Crippen LogP contribution is -2.29. The molecule has 100 valence electrons. The number of ether oxygens (including phenoxy) is 1. The van der Waals surface area contributed by atoms with E-state index in [0.29, 0.717) is 24.9 Å². The summed E-state index contributed by atoms with van der Waals surface area (Å²) in [5.74, 6) is 0.561. The highest BCUT2D eigenvalue weighted by Gasteiger charge is 2.43. The minimum atomic E-state index is -0.630. The highest BCUT2D eigenvalue weighted by atomic mass is 16.5. The van der Waals surface area contributed by atoms with Crippen LogP contribution in [0.4, 0.5) is 0 Å². The van der Waals surface area contributed by atoms with Crippen LogP contribution in [0.2, 0.25) is 0 Å². The first-order valence-electron chi connectivity index (χ1n) is 6.77. The molecule has 0 aromatic carbocycles. The van der Waals surface area contributed by atoms with Crippen molar-refractivity contribution in [2.45, 2.75) is 52.9 Å². The van der Waals surface area contributed by atoms with E-state index in [2.05, 4.69) is 20.8 Å². The van der Waals surface area contributed by atoms with E-state index >= 15 is 0 Å². The van der Waals surface area contributed by atoms with Crippen molar-refractivity contribution in [3.63, 3.8) is 0 Å². The molecule has 1 N–H and O–H groups in total. The van der Waals surface area contributed by atoms with Crippen LogP contribution in [0.25, 0.3) is 0 Å². The van der Waals surface area contributed by atoms with E-state index in [9.17, 15) is 9.90 Å². The zero-order valence-corrected chi connectivity index (χ0v) is 11.4. The number of carboxylic acid groups (broad SMARTS) is 1. The maximum atomic E-state index is 11.4. The number of hydrogen-bond acceptors (Lipinski definition) is 2. The molecule has 3 heteroatoms. The van der Waals surface area contributed by atoms with Crippen LogP contribution in [0.3, 0.4) is 0 Å². The molecular weight excluding hydrogens is 216 g/mol. The average Bonchev–Trinajstić information content (AvgIpc) is 2.60. The van der Waals surface area contributed by atoms with Crippen molar-refractivity contribution in [2.75, 3.05) is 13.2 Å². The third kappa shape index (κ3) is 4.30. The highest BCUT2D eigenvalue weighted by molar-refractivity contribution is 5.75. The average molecular weight is 242 g/mol. The van der Waals surface area contributed by atoms with Gasteiger partial charge in [0, 0.05) is 13.2 Å². The number of carboxylic acids is 1. The van der Waals surface area contributed by atoms with Crippen LogP contribution in [0.1, 0.15) is 52.9 Å². The molecule has 0 aromatic rings. The van der Waals surface area contributed by atoms with Crippen molar-refractivity contribution in [3.05, 3.63) is 0 Å². The zero-order chi connectivity index (χ0) is 12.9. The molecule has 0 aromatic heterocycles. The SMILES string of the molecule is CC(C)CCOCCC1(C(=O)O)CCC(C)C1. The molecule has 17 heavy (non-hydrogen) atoms. The molecule has 1 aliphatic rings. The van der Waals surface area contributed by atoms with Crippen LogP contribution in [0.15, 0.2) is 0 Å². The Hall–Kier alpha value is -0.570. The summed E-state index contributed by atoms with van der Waals surface area (Å²) in [5, 5.41) is 9.37. The van der Waals surface area contributed by atoms with E-state index in [0.717, 1.165) is 32.3 Å². The van der Waals surface area contributed by atoms with Crippen LogP contribution in [-0.2, 0) is 9.53 Å². The number of rotatable bonds is 7. The lowest BCUT2D eigenvalue weighted by atomic mass is 9.82. The van der Waals surface area contributed by atoms with Crippen LogP contribution in [0, 0.1) is 17.3 Å². The number of carbonyl (C=O) groups is 1. The summed E-state index contributed by atoms with van der Waals surface area (Å²) in [7, 11) is 0. The van der Waals surface area contributed by atoms with Crippen molar-refractivity contribution in [1.82, 2.24) is 0 Å². The van der Waals surface area contributed by atoms with Gasteiger partial charge in [0.1, 0.15) is 0 Å². The lowest BCUT2D eigenvalue weighted by molar-refractivity contribution is -0.150. The molecule has 0 radical (unpaired) electrons. The summed E-state index contributed by atoms with van der Waals surface area (Å²) >= 11 is 0. The van der Waals surface area contributed by atoms with Gasteiger partial charge in [-0.2, -0.15) is 0 Å². The molecule has 2 atom stereocenters. The summed E-state index contributed by atoms with van der Waals surface area (Å²) in [5.41, 5.74) is -0.503. The molecule has 0 saturated heterocycles. The third-order valence-electron chi connectivity index (χ3n) is 3.87. The van der Waals surface area contributed by atoms with Gasteiger partial charge in [0.05, 0.1) is 5.41 Å². The first-order valence-corrected chi connectivity index (χ1v) is 6.77. The smallest absolute Gasteiger partial charge is 0.309 e.